The van der Waals surface area contributed by atoms with Gasteiger partial charge in [0.25, 0.3) is 0 Å². The van der Waals surface area contributed by atoms with Gasteiger partial charge >= 0.3 is 0 Å². The zero-order chi connectivity index (χ0) is 20.6. The first kappa shape index (κ1) is 20.8. The monoisotopic (exact) mass is 427 g/mol. The molecule has 3 aromatic carbocycles. The Labute approximate surface area is 179 Å². The van der Waals surface area contributed by atoms with Crippen molar-refractivity contribution >= 4 is 40.9 Å². The van der Waals surface area contributed by atoms with Crippen molar-refractivity contribution in [1.82, 2.24) is 0 Å². The second-order valence-electron chi connectivity index (χ2n) is 6.15. The minimum Gasteiger partial charge on any atom is -0.493 e. The summed E-state index contributed by atoms with van der Waals surface area (Å²) in [5.41, 5.74) is 2.49. The highest BCUT2D eigenvalue weighted by Crippen LogP contribution is 2.29. The fraction of sp³-hybridized carbons (Fsp3) is 0.0870. The van der Waals surface area contributed by atoms with E-state index in [1.54, 1.807) is 37.5 Å². The molecule has 0 aliphatic carbocycles. The molecule has 0 aromatic heterocycles. The third kappa shape index (κ3) is 6.28. The fourth-order valence-electron chi connectivity index (χ4n) is 2.54. The molecule has 4 nitrogen and oxygen atoms in total. The summed E-state index contributed by atoms with van der Waals surface area (Å²) < 4.78 is 11.3. The van der Waals surface area contributed by atoms with E-state index in [9.17, 15) is 4.79 Å². The highest BCUT2D eigenvalue weighted by molar-refractivity contribution is 6.30. The maximum atomic E-state index is 12.1. The van der Waals surface area contributed by atoms with E-state index in [4.69, 9.17) is 32.7 Å². The predicted octanol–water partition coefficient (Wildman–Crippen LogP) is 6.23. The van der Waals surface area contributed by atoms with Gasteiger partial charge in [-0.1, -0.05) is 41.4 Å². The molecule has 0 radical (unpaired) electrons. The van der Waals surface area contributed by atoms with Crippen LogP contribution in [0.3, 0.4) is 0 Å². The summed E-state index contributed by atoms with van der Waals surface area (Å²) in [7, 11) is 1.57. The van der Waals surface area contributed by atoms with Crippen molar-refractivity contribution in [2.45, 2.75) is 6.61 Å². The van der Waals surface area contributed by atoms with Crippen molar-refractivity contribution in [2.75, 3.05) is 12.4 Å². The van der Waals surface area contributed by atoms with Crippen molar-refractivity contribution in [3.05, 3.63) is 94.0 Å². The first-order chi connectivity index (χ1) is 14.0. The third-order valence-electron chi connectivity index (χ3n) is 4.03. The lowest BCUT2D eigenvalue weighted by molar-refractivity contribution is -0.111. The number of benzene rings is 3. The average molecular weight is 428 g/mol. The second kappa shape index (κ2) is 10.0. The van der Waals surface area contributed by atoms with Gasteiger partial charge in [0, 0.05) is 21.8 Å². The number of anilines is 1. The van der Waals surface area contributed by atoms with E-state index in [0.29, 0.717) is 33.8 Å². The number of ether oxygens (including phenoxy) is 2. The van der Waals surface area contributed by atoms with E-state index >= 15 is 0 Å². The van der Waals surface area contributed by atoms with Crippen LogP contribution in [0, 0.1) is 0 Å². The SMILES string of the molecule is COc1cc(/C=C/C(=O)Nc2ccc(Cl)cc2)ccc1OCc1ccc(Cl)cc1. The molecule has 6 heteroatoms. The lowest BCUT2D eigenvalue weighted by atomic mass is 10.2. The van der Waals surface area contributed by atoms with Crippen LogP contribution in [0.15, 0.2) is 72.8 Å². The zero-order valence-electron chi connectivity index (χ0n) is 15.7. The molecule has 0 bridgehead atoms. The Morgan fingerprint density at radius 1 is 0.931 bits per heavy atom. The number of methoxy groups -OCH3 is 1. The molecular weight excluding hydrogens is 409 g/mol. The third-order valence-corrected chi connectivity index (χ3v) is 4.54. The maximum Gasteiger partial charge on any atom is 0.248 e. The van der Waals surface area contributed by atoms with Crippen LogP contribution in [0.2, 0.25) is 10.0 Å². The van der Waals surface area contributed by atoms with Crippen molar-refractivity contribution in [3.63, 3.8) is 0 Å². The van der Waals surface area contributed by atoms with Gasteiger partial charge in [0.15, 0.2) is 11.5 Å². The Morgan fingerprint density at radius 3 is 2.24 bits per heavy atom. The molecule has 0 atom stereocenters. The lowest BCUT2D eigenvalue weighted by Crippen LogP contribution is -2.07. The summed E-state index contributed by atoms with van der Waals surface area (Å²) in [6, 6.07) is 19.8. The first-order valence-electron chi connectivity index (χ1n) is 8.83. The molecule has 29 heavy (non-hydrogen) atoms. The van der Waals surface area contributed by atoms with Crippen LogP contribution in [0.4, 0.5) is 5.69 Å². The van der Waals surface area contributed by atoms with E-state index < -0.39 is 0 Å². The molecule has 0 aliphatic heterocycles. The van der Waals surface area contributed by atoms with Gasteiger partial charge in [-0.15, -0.1) is 0 Å². The van der Waals surface area contributed by atoms with Crippen LogP contribution >= 0.6 is 23.2 Å². The first-order valence-corrected chi connectivity index (χ1v) is 9.59. The van der Waals surface area contributed by atoms with Gasteiger partial charge < -0.3 is 14.8 Å². The quantitative estimate of drug-likeness (QED) is 0.454. The molecule has 0 unspecified atom stereocenters. The summed E-state index contributed by atoms with van der Waals surface area (Å²) >= 11 is 11.7. The van der Waals surface area contributed by atoms with Gasteiger partial charge in [-0.25, -0.2) is 0 Å². The summed E-state index contributed by atoms with van der Waals surface area (Å²) in [5.74, 6) is 0.957. The number of nitrogens with one attached hydrogen (secondary N) is 1. The molecule has 0 fully saturated rings. The van der Waals surface area contributed by atoms with E-state index in [1.165, 1.54) is 6.08 Å². The van der Waals surface area contributed by atoms with Crippen molar-refractivity contribution in [3.8, 4) is 11.5 Å². The molecule has 1 N–H and O–H groups in total. The van der Waals surface area contributed by atoms with Crippen LogP contribution in [0.5, 0.6) is 11.5 Å². The van der Waals surface area contributed by atoms with Gasteiger partial charge in [0.05, 0.1) is 7.11 Å². The summed E-state index contributed by atoms with van der Waals surface area (Å²) in [6.07, 6.45) is 3.16. The van der Waals surface area contributed by atoms with Crippen LogP contribution in [-0.2, 0) is 11.4 Å². The number of rotatable bonds is 7. The molecule has 0 aliphatic rings. The molecule has 0 spiro atoms. The molecule has 0 saturated heterocycles. The molecule has 3 aromatic rings. The summed E-state index contributed by atoms with van der Waals surface area (Å²) in [4.78, 5) is 12.1. The van der Waals surface area contributed by atoms with Crippen LogP contribution in [-0.4, -0.2) is 13.0 Å². The predicted molar refractivity (Wildman–Crippen MR) is 118 cm³/mol. The molecule has 0 heterocycles. The minimum atomic E-state index is -0.241. The van der Waals surface area contributed by atoms with Crippen LogP contribution in [0.1, 0.15) is 11.1 Å². The Morgan fingerprint density at radius 2 is 1.59 bits per heavy atom. The highest BCUT2D eigenvalue weighted by Gasteiger charge is 2.06. The van der Waals surface area contributed by atoms with Gasteiger partial charge in [-0.2, -0.15) is 0 Å². The average Bonchev–Trinajstić information content (AvgIpc) is 2.74. The summed E-state index contributed by atoms with van der Waals surface area (Å²) in [5, 5.41) is 4.07. The summed E-state index contributed by atoms with van der Waals surface area (Å²) in [6.45, 7) is 0.395. The maximum absolute atomic E-state index is 12.1. The van der Waals surface area contributed by atoms with E-state index in [1.807, 2.05) is 42.5 Å². The fourth-order valence-corrected chi connectivity index (χ4v) is 2.79. The molecule has 1 amide bonds. The van der Waals surface area contributed by atoms with Gasteiger partial charge in [-0.05, 0) is 65.7 Å². The van der Waals surface area contributed by atoms with E-state index in [-0.39, 0.29) is 5.91 Å². The molecule has 3 rings (SSSR count). The Balaban J connectivity index is 1.62. The topological polar surface area (TPSA) is 47.6 Å². The smallest absolute Gasteiger partial charge is 0.248 e. The standard InChI is InChI=1S/C23H19Cl2NO3/c1-28-22-14-16(5-13-23(27)26-20-10-8-19(25)9-11-20)4-12-21(22)29-15-17-2-6-18(24)7-3-17/h2-14H,15H2,1H3,(H,26,27)/b13-5+. The van der Waals surface area contributed by atoms with E-state index in [2.05, 4.69) is 5.32 Å². The van der Waals surface area contributed by atoms with Gasteiger partial charge in [0.1, 0.15) is 6.61 Å². The lowest BCUT2D eigenvalue weighted by Gasteiger charge is -2.11. The Bertz CT molecular complexity index is 1000. The number of carbonyl (C=O) groups excluding carboxylic acids is 1. The highest BCUT2D eigenvalue weighted by atomic mass is 35.5. The van der Waals surface area contributed by atoms with Gasteiger partial charge in [-0.3, -0.25) is 4.79 Å². The Kier molecular flexibility index (Phi) is 7.17. The van der Waals surface area contributed by atoms with Crippen molar-refractivity contribution in [1.29, 1.82) is 0 Å². The largest absolute Gasteiger partial charge is 0.493 e. The molecule has 0 saturated carbocycles. The normalized spacial score (nSPS) is 10.7. The number of amides is 1. The second-order valence-corrected chi connectivity index (χ2v) is 7.03. The van der Waals surface area contributed by atoms with Crippen LogP contribution in [0.25, 0.3) is 6.08 Å². The minimum absolute atomic E-state index is 0.241. The number of hydrogen-bond donors (Lipinski definition) is 1. The van der Waals surface area contributed by atoms with Crippen LogP contribution < -0.4 is 14.8 Å². The van der Waals surface area contributed by atoms with Gasteiger partial charge in [0.2, 0.25) is 5.91 Å². The van der Waals surface area contributed by atoms with E-state index in [0.717, 1.165) is 11.1 Å². The number of halogens is 2. The number of hydrogen-bond acceptors (Lipinski definition) is 3. The number of carbonyl (C=O) groups is 1. The Hall–Kier alpha value is -2.95. The molecule has 148 valence electrons. The van der Waals surface area contributed by atoms with Crippen molar-refractivity contribution in [2.24, 2.45) is 0 Å². The zero-order valence-corrected chi connectivity index (χ0v) is 17.2. The van der Waals surface area contributed by atoms with Crippen molar-refractivity contribution < 1.29 is 14.3 Å². The molecular formula is C23H19Cl2NO3.